The average Bonchev–Trinajstić information content (AvgIpc) is 2.72. The highest BCUT2D eigenvalue weighted by molar-refractivity contribution is 9.10. The highest BCUT2D eigenvalue weighted by Gasteiger charge is 2.03. The van der Waals surface area contributed by atoms with Crippen molar-refractivity contribution in [2.45, 2.75) is 6.54 Å². The van der Waals surface area contributed by atoms with Crippen molar-refractivity contribution in [2.75, 3.05) is 0 Å². The van der Waals surface area contributed by atoms with Crippen LogP contribution in [0.1, 0.15) is 5.56 Å². The van der Waals surface area contributed by atoms with Crippen LogP contribution in [0.15, 0.2) is 59.2 Å². The summed E-state index contributed by atoms with van der Waals surface area (Å²) in [6.07, 6.45) is 2.03. The molecule has 0 radical (unpaired) electrons. The zero-order valence-corrected chi connectivity index (χ0v) is 11.2. The van der Waals surface area contributed by atoms with Crippen molar-refractivity contribution < 1.29 is 4.39 Å². The molecular formula is C15H11BrFN. The maximum absolute atomic E-state index is 13.2. The molecule has 3 aromatic rings. The molecule has 0 atom stereocenters. The van der Waals surface area contributed by atoms with Gasteiger partial charge in [0.1, 0.15) is 5.82 Å². The third kappa shape index (κ3) is 2.18. The molecule has 1 heterocycles. The Morgan fingerprint density at radius 1 is 1.06 bits per heavy atom. The van der Waals surface area contributed by atoms with Crippen molar-refractivity contribution in [3.05, 3.63) is 70.6 Å². The summed E-state index contributed by atoms with van der Waals surface area (Å²) >= 11 is 3.47. The fraction of sp³-hybridized carbons (Fsp3) is 0.0667. The number of rotatable bonds is 2. The zero-order chi connectivity index (χ0) is 12.5. The molecule has 0 bridgehead atoms. The second-order valence-electron chi connectivity index (χ2n) is 4.28. The SMILES string of the molecule is Fc1cccc(Cn2ccc3ccc(Br)cc32)c1. The van der Waals surface area contributed by atoms with E-state index in [1.165, 1.54) is 11.5 Å². The molecule has 18 heavy (non-hydrogen) atoms. The van der Waals surface area contributed by atoms with Gasteiger partial charge in [0, 0.05) is 22.7 Å². The van der Waals surface area contributed by atoms with Crippen LogP contribution in [0.2, 0.25) is 0 Å². The topological polar surface area (TPSA) is 4.93 Å². The van der Waals surface area contributed by atoms with Crippen LogP contribution in [0, 0.1) is 5.82 Å². The van der Waals surface area contributed by atoms with E-state index in [4.69, 9.17) is 0 Å². The third-order valence-corrected chi connectivity index (χ3v) is 3.47. The summed E-state index contributed by atoms with van der Waals surface area (Å²) in [4.78, 5) is 0. The molecular weight excluding hydrogens is 293 g/mol. The van der Waals surface area contributed by atoms with Gasteiger partial charge in [0.2, 0.25) is 0 Å². The molecule has 0 unspecified atom stereocenters. The van der Waals surface area contributed by atoms with Gasteiger partial charge in [-0.15, -0.1) is 0 Å². The fourth-order valence-corrected chi connectivity index (χ4v) is 2.48. The van der Waals surface area contributed by atoms with Gasteiger partial charge in [0.05, 0.1) is 0 Å². The Labute approximate surface area is 113 Å². The highest BCUT2D eigenvalue weighted by atomic mass is 79.9. The van der Waals surface area contributed by atoms with Gasteiger partial charge in [0.25, 0.3) is 0 Å². The number of benzene rings is 2. The molecule has 0 aliphatic carbocycles. The summed E-state index contributed by atoms with van der Waals surface area (Å²) in [6.45, 7) is 0.678. The summed E-state index contributed by atoms with van der Waals surface area (Å²) in [5.41, 5.74) is 2.11. The van der Waals surface area contributed by atoms with Gasteiger partial charge in [-0.1, -0.05) is 34.1 Å². The summed E-state index contributed by atoms with van der Waals surface area (Å²) in [7, 11) is 0. The largest absolute Gasteiger partial charge is 0.343 e. The molecule has 0 aliphatic rings. The number of hydrogen-bond donors (Lipinski definition) is 0. The number of nitrogens with zero attached hydrogens (tertiary/aromatic N) is 1. The first-order chi connectivity index (χ1) is 8.72. The molecule has 1 nitrogen and oxygen atoms in total. The lowest BCUT2D eigenvalue weighted by Crippen LogP contribution is -1.98. The van der Waals surface area contributed by atoms with Crippen LogP contribution >= 0.6 is 15.9 Å². The summed E-state index contributed by atoms with van der Waals surface area (Å²) in [5, 5.41) is 1.19. The standard InChI is InChI=1S/C15H11BrFN/c16-13-5-4-12-6-7-18(15(12)9-13)10-11-2-1-3-14(17)8-11/h1-9H,10H2. The molecule has 1 aromatic heterocycles. The third-order valence-electron chi connectivity index (χ3n) is 2.98. The Morgan fingerprint density at radius 2 is 1.94 bits per heavy atom. The first-order valence-electron chi connectivity index (χ1n) is 5.71. The van der Waals surface area contributed by atoms with E-state index in [1.807, 2.05) is 18.3 Å². The van der Waals surface area contributed by atoms with E-state index < -0.39 is 0 Å². The number of halogens is 2. The van der Waals surface area contributed by atoms with Crippen molar-refractivity contribution in [3.8, 4) is 0 Å². The minimum atomic E-state index is -0.190. The minimum absolute atomic E-state index is 0.190. The monoisotopic (exact) mass is 303 g/mol. The maximum atomic E-state index is 13.2. The van der Waals surface area contributed by atoms with Crippen molar-refractivity contribution in [2.24, 2.45) is 0 Å². The van der Waals surface area contributed by atoms with E-state index in [0.717, 1.165) is 15.6 Å². The van der Waals surface area contributed by atoms with E-state index >= 15 is 0 Å². The zero-order valence-electron chi connectivity index (χ0n) is 9.61. The Kier molecular flexibility index (Phi) is 2.92. The van der Waals surface area contributed by atoms with Crippen molar-refractivity contribution in [1.29, 1.82) is 0 Å². The first-order valence-corrected chi connectivity index (χ1v) is 6.50. The van der Waals surface area contributed by atoms with Crippen LogP contribution in [0.25, 0.3) is 10.9 Å². The normalized spacial score (nSPS) is 11.0. The molecule has 3 rings (SSSR count). The molecule has 0 amide bonds. The van der Waals surface area contributed by atoms with E-state index in [0.29, 0.717) is 6.54 Å². The molecule has 0 saturated heterocycles. The summed E-state index contributed by atoms with van der Waals surface area (Å²) in [5.74, 6) is -0.190. The molecule has 90 valence electrons. The van der Waals surface area contributed by atoms with Gasteiger partial charge in [-0.05, 0) is 41.3 Å². The molecule has 0 saturated carbocycles. The van der Waals surface area contributed by atoms with Crippen LogP contribution in [0.4, 0.5) is 4.39 Å². The van der Waals surface area contributed by atoms with Crippen molar-refractivity contribution in [1.82, 2.24) is 4.57 Å². The Balaban J connectivity index is 2.02. The van der Waals surface area contributed by atoms with E-state index in [1.54, 1.807) is 12.1 Å². The van der Waals surface area contributed by atoms with Gasteiger partial charge in [-0.3, -0.25) is 0 Å². The second-order valence-corrected chi connectivity index (χ2v) is 5.19. The average molecular weight is 304 g/mol. The van der Waals surface area contributed by atoms with Crippen LogP contribution < -0.4 is 0 Å². The highest BCUT2D eigenvalue weighted by Crippen LogP contribution is 2.21. The van der Waals surface area contributed by atoms with Crippen molar-refractivity contribution in [3.63, 3.8) is 0 Å². The fourth-order valence-electron chi connectivity index (χ4n) is 2.13. The van der Waals surface area contributed by atoms with Gasteiger partial charge < -0.3 is 4.57 Å². The predicted octanol–water partition coefficient (Wildman–Crippen LogP) is 4.59. The van der Waals surface area contributed by atoms with Crippen molar-refractivity contribution >= 4 is 26.8 Å². The Bertz CT molecular complexity index is 703. The number of aromatic nitrogens is 1. The molecule has 0 fully saturated rings. The van der Waals surface area contributed by atoms with Crippen LogP contribution in [-0.4, -0.2) is 4.57 Å². The van der Waals surface area contributed by atoms with Crippen LogP contribution in [0.5, 0.6) is 0 Å². The Hall–Kier alpha value is -1.61. The Morgan fingerprint density at radius 3 is 2.78 bits per heavy atom. The van der Waals surface area contributed by atoms with Gasteiger partial charge >= 0.3 is 0 Å². The maximum Gasteiger partial charge on any atom is 0.123 e. The minimum Gasteiger partial charge on any atom is -0.343 e. The molecule has 0 N–H and O–H groups in total. The smallest absolute Gasteiger partial charge is 0.123 e. The molecule has 2 aromatic carbocycles. The van der Waals surface area contributed by atoms with Gasteiger partial charge in [-0.25, -0.2) is 4.39 Å². The van der Waals surface area contributed by atoms with E-state index in [9.17, 15) is 4.39 Å². The number of fused-ring (bicyclic) bond motifs is 1. The van der Waals surface area contributed by atoms with E-state index in [-0.39, 0.29) is 5.82 Å². The molecule has 3 heteroatoms. The van der Waals surface area contributed by atoms with Gasteiger partial charge in [0.15, 0.2) is 0 Å². The van der Waals surface area contributed by atoms with E-state index in [2.05, 4.69) is 38.7 Å². The predicted molar refractivity (Wildman–Crippen MR) is 75.1 cm³/mol. The van der Waals surface area contributed by atoms with Gasteiger partial charge in [-0.2, -0.15) is 0 Å². The van der Waals surface area contributed by atoms with Crippen LogP contribution in [-0.2, 0) is 6.54 Å². The lowest BCUT2D eigenvalue weighted by Gasteiger charge is -2.06. The molecule has 0 spiro atoms. The lowest BCUT2D eigenvalue weighted by atomic mass is 10.2. The first kappa shape index (κ1) is 11.5. The molecule has 0 aliphatic heterocycles. The van der Waals surface area contributed by atoms with Crippen LogP contribution in [0.3, 0.4) is 0 Å². The summed E-state index contributed by atoms with van der Waals surface area (Å²) < 4.78 is 16.3. The quantitative estimate of drug-likeness (QED) is 0.652. The second kappa shape index (κ2) is 4.58. The number of hydrogen-bond acceptors (Lipinski definition) is 0. The summed E-state index contributed by atoms with van der Waals surface area (Å²) in [6, 6.07) is 15.0. The lowest BCUT2D eigenvalue weighted by molar-refractivity contribution is 0.624.